The molecule has 3 aliphatic heterocycles. The van der Waals surface area contributed by atoms with Crippen LogP contribution in [0.25, 0.3) is 0 Å². The summed E-state index contributed by atoms with van der Waals surface area (Å²) in [6.07, 6.45) is 3.78. The second-order valence-corrected chi connectivity index (χ2v) is 9.29. The van der Waals surface area contributed by atoms with Gasteiger partial charge in [-0.15, -0.1) is 0 Å². The second kappa shape index (κ2) is 5.40. The minimum Gasteiger partial charge on any atom is -0.369 e. The standard InChI is InChI=1S/C19H32O5/c1-11(2)12(3)8-19(20)7-6-15-18(24-19)9-13(21-15)16-14(10-18)22-17(4,5)23-16/h11-16,20H,6-10H2,1-5H3/t12-,13-,14-,15+,16?,18-,19+/m1/s1. The lowest BCUT2D eigenvalue weighted by atomic mass is 9.75. The molecule has 0 aromatic carbocycles. The van der Waals surface area contributed by atoms with Gasteiger partial charge in [-0.3, -0.25) is 0 Å². The number of rotatable bonds is 3. The Morgan fingerprint density at radius 3 is 2.50 bits per heavy atom. The lowest BCUT2D eigenvalue weighted by molar-refractivity contribution is -0.317. The van der Waals surface area contributed by atoms with E-state index in [2.05, 4.69) is 20.8 Å². The zero-order valence-electron chi connectivity index (χ0n) is 15.6. The van der Waals surface area contributed by atoms with Gasteiger partial charge in [-0.2, -0.15) is 0 Å². The fourth-order valence-corrected chi connectivity index (χ4v) is 5.09. The SMILES string of the molecule is CC(C)[C@H](C)C[C@]1(O)CC[C@@H]2O[C@@H]3C[C@]2(C[C@H]2OC(C)(C)OC32)O1. The minimum atomic E-state index is -1.04. The predicted octanol–water partition coefficient (Wildman–Crippen LogP) is 2.99. The van der Waals surface area contributed by atoms with E-state index in [0.717, 1.165) is 19.3 Å². The van der Waals surface area contributed by atoms with Gasteiger partial charge in [0.1, 0.15) is 11.7 Å². The summed E-state index contributed by atoms with van der Waals surface area (Å²) in [5.74, 6) is -0.655. The molecule has 0 radical (unpaired) electrons. The average Bonchev–Trinajstić information content (AvgIpc) is 2.92. The third-order valence-corrected chi connectivity index (χ3v) is 6.58. The van der Waals surface area contributed by atoms with Gasteiger partial charge in [0.05, 0.1) is 18.3 Å². The molecule has 5 nitrogen and oxygen atoms in total. The van der Waals surface area contributed by atoms with Crippen molar-refractivity contribution in [3.63, 3.8) is 0 Å². The smallest absolute Gasteiger partial charge is 0.166 e. The molecule has 0 aromatic heterocycles. The molecule has 1 aliphatic carbocycles. The third kappa shape index (κ3) is 2.73. The Bertz CT molecular complexity index is 506. The van der Waals surface area contributed by atoms with E-state index in [-0.39, 0.29) is 24.4 Å². The molecule has 4 rings (SSSR count). The maximum atomic E-state index is 11.1. The molecule has 7 atom stereocenters. The van der Waals surface area contributed by atoms with E-state index in [1.165, 1.54) is 0 Å². The first-order chi connectivity index (χ1) is 11.1. The van der Waals surface area contributed by atoms with Crippen molar-refractivity contribution < 1.29 is 24.1 Å². The van der Waals surface area contributed by atoms with Crippen molar-refractivity contribution in [3.05, 3.63) is 0 Å². The van der Waals surface area contributed by atoms with E-state index in [4.69, 9.17) is 18.9 Å². The van der Waals surface area contributed by atoms with Gasteiger partial charge < -0.3 is 24.1 Å². The van der Waals surface area contributed by atoms with Crippen LogP contribution in [-0.4, -0.2) is 46.7 Å². The number of hydrogen-bond acceptors (Lipinski definition) is 5. The Morgan fingerprint density at radius 2 is 1.79 bits per heavy atom. The molecule has 3 saturated heterocycles. The van der Waals surface area contributed by atoms with Gasteiger partial charge in [-0.1, -0.05) is 20.8 Å². The molecule has 138 valence electrons. The van der Waals surface area contributed by atoms with Crippen molar-refractivity contribution in [1.82, 2.24) is 0 Å². The van der Waals surface area contributed by atoms with Crippen LogP contribution in [-0.2, 0) is 18.9 Å². The number of fused-ring (bicyclic) bond motifs is 3. The van der Waals surface area contributed by atoms with Crippen LogP contribution in [0.3, 0.4) is 0 Å². The molecule has 4 aliphatic rings. The van der Waals surface area contributed by atoms with Crippen LogP contribution in [0.2, 0.25) is 0 Å². The molecule has 0 aromatic rings. The van der Waals surface area contributed by atoms with E-state index < -0.39 is 17.2 Å². The fourth-order valence-electron chi connectivity index (χ4n) is 5.09. The quantitative estimate of drug-likeness (QED) is 0.856. The van der Waals surface area contributed by atoms with Gasteiger partial charge >= 0.3 is 0 Å². The van der Waals surface area contributed by atoms with E-state index in [1.807, 2.05) is 13.8 Å². The van der Waals surface area contributed by atoms with E-state index in [9.17, 15) is 5.11 Å². The van der Waals surface area contributed by atoms with Gasteiger partial charge in [0, 0.05) is 25.7 Å². The molecule has 5 heteroatoms. The summed E-state index contributed by atoms with van der Waals surface area (Å²) in [7, 11) is 0. The van der Waals surface area contributed by atoms with Crippen molar-refractivity contribution in [2.45, 2.75) is 108 Å². The highest BCUT2D eigenvalue weighted by molar-refractivity contribution is 5.12. The fraction of sp³-hybridized carbons (Fsp3) is 1.00. The monoisotopic (exact) mass is 340 g/mol. The Kier molecular flexibility index (Phi) is 3.87. The highest BCUT2D eigenvalue weighted by atomic mass is 16.8. The molecular weight excluding hydrogens is 308 g/mol. The van der Waals surface area contributed by atoms with Crippen molar-refractivity contribution >= 4 is 0 Å². The van der Waals surface area contributed by atoms with E-state index >= 15 is 0 Å². The van der Waals surface area contributed by atoms with Crippen molar-refractivity contribution in [3.8, 4) is 0 Å². The van der Waals surface area contributed by atoms with Crippen LogP contribution in [0.4, 0.5) is 0 Å². The van der Waals surface area contributed by atoms with E-state index in [0.29, 0.717) is 24.7 Å². The molecule has 1 saturated carbocycles. The van der Waals surface area contributed by atoms with Crippen LogP contribution < -0.4 is 0 Å². The zero-order chi connectivity index (χ0) is 17.3. The topological polar surface area (TPSA) is 57.2 Å². The lowest BCUT2D eigenvalue weighted by Crippen LogP contribution is -2.58. The maximum absolute atomic E-state index is 11.1. The van der Waals surface area contributed by atoms with Crippen molar-refractivity contribution in [2.75, 3.05) is 0 Å². The summed E-state index contributed by atoms with van der Waals surface area (Å²) in [6, 6.07) is 0. The largest absolute Gasteiger partial charge is 0.369 e. The Balaban J connectivity index is 1.53. The molecule has 24 heavy (non-hydrogen) atoms. The summed E-state index contributed by atoms with van der Waals surface area (Å²) >= 11 is 0. The first-order valence-corrected chi connectivity index (χ1v) is 9.55. The van der Waals surface area contributed by atoms with Gasteiger partial charge in [-0.25, -0.2) is 0 Å². The molecule has 1 N–H and O–H groups in total. The summed E-state index contributed by atoms with van der Waals surface area (Å²) in [6.45, 7) is 10.5. The number of hydrogen-bond donors (Lipinski definition) is 1. The second-order valence-electron chi connectivity index (χ2n) is 9.29. The van der Waals surface area contributed by atoms with Crippen LogP contribution in [0.5, 0.6) is 0 Å². The summed E-state index contributed by atoms with van der Waals surface area (Å²) in [5.41, 5.74) is -0.417. The minimum absolute atomic E-state index is 0.00591. The van der Waals surface area contributed by atoms with E-state index in [1.54, 1.807) is 0 Å². The van der Waals surface area contributed by atoms with Crippen molar-refractivity contribution in [2.24, 2.45) is 11.8 Å². The number of ether oxygens (including phenoxy) is 4. The molecular formula is C19H32O5. The van der Waals surface area contributed by atoms with Crippen LogP contribution in [0.1, 0.15) is 66.7 Å². The van der Waals surface area contributed by atoms with Crippen LogP contribution >= 0.6 is 0 Å². The van der Waals surface area contributed by atoms with Crippen LogP contribution in [0.15, 0.2) is 0 Å². The van der Waals surface area contributed by atoms with Crippen LogP contribution in [0, 0.1) is 11.8 Å². The summed E-state index contributed by atoms with van der Waals surface area (Å²) in [5, 5.41) is 11.1. The summed E-state index contributed by atoms with van der Waals surface area (Å²) in [4.78, 5) is 0. The van der Waals surface area contributed by atoms with Gasteiger partial charge in [0.2, 0.25) is 0 Å². The Labute approximate surface area is 145 Å². The highest BCUT2D eigenvalue weighted by Gasteiger charge is 2.65. The third-order valence-electron chi connectivity index (χ3n) is 6.58. The van der Waals surface area contributed by atoms with Gasteiger partial charge in [0.15, 0.2) is 11.6 Å². The normalized spacial score (nSPS) is 50.6. The first-order valence-electron chi connectivity index (χ1n) is 9.55. The zero-order valence-corrected chi connectivity index (χ0v) is 15.6. The van der Waals surface area contributed by atoms with Gasteiger partial charge in [-0.05, 0) is 32.1 Å². The molecule has 4 fully saturated rings. The molecule has 1 unspecified atom stereocenters. The number of aliphatic hydroxyl groups is 1. The molecule has 1 spiro atoms. The predicted molar refractivity (Wildman–Crippen MR) is 88.3 cm³/mol. The summed E-state index contributed by atoms with van der Waals surface area (Å²) < 4.78 is 24.9. The Hall–Kier alpha value is -0.200. The van der Waals surface area contributed by atoms with Crippen molar-refractivity contribution in [1.29, 1.82) is 0 Å². The maximum Gasteiger partial charge on any atom is 0.166 e. The Morgan fingerprint density at radius 1 is 1.08 bits per heavy atom. The van der Waals surface area contributed by atoms with Gasteiger partial charge in [0.25, 0.3) is 0 Å². The first kappa shape index (κ1) is 17.2. The molecule has 3 heterocycles. The molecule has 0 amide bonds. The average molecular weight is 340 g/mol. The molecule has 2 bridgehead atoms. The highest BCUT2D eigenvalue weighted by Crippen LogP contribution is 2.55. The lowest BCUT2D eigenvalue weighted by Gasteiger charge is -2.49.